The molecule has 12 heteroatoms. The summed E-state index contributed by atoms with van der Waals surface area (Å²) in [7, 11) is 1.53. The lowest BCUT2D eigenvalue weighted by molar-refractivity contribution is 0.199. The number of methoxy groups -OCH3 is 1. The van der Waals surface area contributed by atoms with Crippen molar-refractivity contribution in [3.63, 3.8) is 0 Å². The number of fused-ring (bicyclic) bond motifs is 1. The zero-order valence-electron chi connectivity index (χ0n) is 19.5. The molecule has 0 radical (unpaired) electrons. The Morgan fingerprint density at radius 1 is 1.22 bits per heavy atom. The van der Waals surface area contributed by atoms with Gasteiger partial charge in [0, 0.05) is 23.0 Å². The molecular formula is C24H20ClN9O2. The quantitative estimate of drug-likeness (QED) is 0.310. The van der Waals surface area contributed by atoms with E-state index in [0.717, 1.165) is 11.2 Å². The SMILES string of the molecule is COc1cc(Cl)nnc1Nc1ccc2c(c1)ncn2-c1ccc([C@H](C)O)c(-c2c(C#N)n[nH]c2C)n1. The molecule has 4 aromatic heterocycles. The minimum absolute atomic E-state index is 0.214. The first kappa shape index (κ1) is 23.2. The van der Waals surface area contributed by atoms with Gasteiger partial charge in [-0.2, -0.15) is 10.4 Å². The number of ether oxygens (including phenoxy) is 1. The first-order valence-electron chi connectivity index (χ1n) is 10.9. The Balaban J connectivity index is 1.56. The molecule has 0 spiro atoms. The van der Waals surface area contributed by atoms with Gasteiger partial charge in [0.05, 0.1) is 35.5 Å². The van der Waals surface area contributed by atoms with E-state index in [9.17, 15) is 10.4 Å². The third-order valence-corrected chi connectivity index (χ3v) is 5.84. The van der Waals surface area contributed by atoms with Gasteiger partial charge < -0.3 is 15.2 Å². The van der Waals surface area contributed by atoms with Crippen LogP contribution in [0, 0.1) is 18.3 Å². The lowest BCUT2D eigenvalue weighted by Crippen LogP contribution is -2.04. The molecular weight excluding hydrogens is 482 g/mol. The maximum absolute atomic E-state index is 10.3. The largest absolute Gasteiger partial charge is 0.493 e. The molecule has 0 bridgehead atoms. The van der Waals surface area contributed by atoms with E-state index in [1.54, 1.807) is 31.5 Å². The summed E-state index contributed by atoms with van der Waals surface area (Å²) in [5.74, 6) is 1.46. The van der Waals surface area contributed by atoms with Crippen molar-refractivity contribution in [3.8, 4) is 28.9 Å². The van der Waals surface area contributed by atoms with Crippen molar-refractivity contribution in [1.82, 2.24) is 34.9 Å². The number of hydrogen-bond acceptors (Lipinski definition) is 9. The van der Waals surface area contributed by atoms with E-state index >= 15 is 0 Å². The average molecular weight is 502 g/mol. The molecule has 5 rings (SSSR count). The van der Waals surface area contributed by atoms with Crippen LogP contribution in [-0.4, -0.2) is 47.1 Å². The lowest BCUT2D eigenvalue weighted by Gasteiger charge is -2.14. The molecule has 0 amide bonds. The van der Waals surface area contributed by atoms with Gasteiger partial charge in [-0.3, -0.25) is 9.67 Å². The maximum atomic E-state index is 10.3. The summed E-state index contributed by atoms with van der Waals surface area (Å²) in [6, 6.07) is 12.9. The number of benzene rings is 1. The van der Waals surface area contributed by atoms with Crippen LogP contribution in [0.3, 0.4) is 0 Å². The zero-order valence-corrected chi connectivity index (χ0v) is 20.2. The van der Waals surface area contributed by atoms with Crippen LogP contribution in [0.2, 0.25) is 5.15 Å². The van der Waals surface area contributed by atoms with Gasteiger partial charge in [-0.15, -0.1) is 10.2 Å². The van der Waals surface area contributed by atoms with Crippen molar-refractivity contribution in [2.75, 3.05) is 12.4 Å². The van der Waals surface area contributed by atoms with Gasteiger partial charge in [0.15, 0.2) is 22.4 Å². The van der Waals surface area contributed by atoms with Crippen LogP contribution in [0.4, 0.5) is 11.5 Å². The number of aryl methyl sites for hydroxylation is 1. The second kappa shape index (κ2) is 9.26. The average Bonchev–Trinajstić information content (AvgIpc) is 3.47. The lowest BCUT2D eigenvalue weighted by atomic mass is 10.0. The smallest absolute Gasteiger partial charge is 0.195 e. The molecule has 3 N–H and O–H groups in total. The summed E-state index contributed by atoms with van der Waals surface area (Å²) >= 11 is 5.90. The number of nitrogens with zero attached hydrogens (tertiary/aromatic N) is 7. The number of rotatable bonds is 6. The normalized spacial score (nSPS) is 11.9. The van der Waals surface area contributed by atoms with E-state index in [1.165, 1.54) is 7.11 Å². The molecule has 0 aliphatic carbocycles. The Morgan fingerprint density at radius 3 is 2.81 bits per heavy atom. The predicted molar refractivity (Wildman–Crippen MR) is 133 cm³/mol. The molecule has 0 fully saturated rings. The van der Waals surface area contributed by atoms with Crippen molar-refractivity contribution in [1.29, 1.82) is 5.26 Å². The zero-order chi connectivity index (χ0) is 25.4. The van der Waals surface area contributed by atoms with Gasteiger partial charge in [0.25, 0.3) is 0 Å². The number of aliphatic hydroxyl groups is 1. The Bertz CT molecular complexity index is 1630. The van der Waals surface area contributed by atoms with Crippen molar-refractivity contribution in [2.24, 2.45) is 0 Å². The Hall–Kier alpha value is -4.53. The molecule has 1 atom stereocenters. The first-order valence-corrected chi connectivity index (χ1v) is 11.2. The number of H-pyrrole nitrogens is 1. The first-order chi connectivity index (χ1) is 17.4. The standard InChI is InChI=1S/C24H20ClN9O2/c1-12-22(17(10-26)31-30-12)23-15(13(2)35)5-7-21(29-23)34-11-27-16-8-14(4-6-18(16)34)28-24-19(36-3)9-20(25)32-33-24/h4-9,11,13,35H,1-3H3,(H,28,33)(H,30,31)/t13-/m0/s1. The fraction of sp³-hybridized carbons (Fsp3) is 0.167. The van der Waals surface area contributed by atoms with E-state index in [2.05, 4.69) is 36.8 Å². The Kier molecular flexibility index (Phi) is 5.97. The van der Waals surface area contributed by atoms with Crippen molar-refractivity contribution >= 4 is 34.1 Å². The second-order valence-electron chi connectivity index (χ2n) is 7.99. The third kappa shape index (κ3) is 4.08. The molecule has 4 heterocycles. The van der Waals surface area contributed by atoms with E-state index in [-0.39, 0.29) is 10.8 Å². The monoisotopic (exact) mass is 501 g/mol. The number of aromatic amines is 1. The van der Waals surface area contributed by atoms with Gasteiger partial charge in [0.1, 0.15) is 18.2 Å². The van der Waals surface area contributed by atoms with Crippen molar-refractivity contribution < 1.29 is 9.84 Å². The number of imidazole rings is 1. The molecule has 0 saturated carbocycles. The maximum Gasteiger partial charge on any atom is 0.195 e. The molecule has 0 aliphatic rings. The topological polar surface area (TPSA) is 150 Å². The number of aliphatic hydroxyl groups excluding tert-OH is 1. The third-order valence-electron chi connectivity index (χ3n) is 5.66. The van der Waals surface area contributed by atoms with Gasteiger partial charge in [0.2, 0.25) is 0 Å². The van der Waals surface area contributed by atoms with Crippen LogP contribution in [-0.2, 0) is 0 Å². The van der Waals surface area contributed by atoms with Crippen LogP contribution in [0.25, 0.3) is 28.1 Å². The molecule has 1 aromatic carbocycles. The number of nitriles is 1. The van der Waals surface area contributed by atoms with E-state index in [4.69, 9.17) is 21.3 Å². The summed E-state index contributed by atoms with van der Waals surface area (Å²) in [6.07, 6.45) is 0.877. The Morgan fingerprint density at radius 2 is 2.06 bits per heavy atom. The molecule has 5 aromatic rings. The molecule has 0 unspecified atom stereocenters. The minimum Gasteiger partial charge on any atom is -0.493 e. The summed E-state index contributed by atoms with van der Waals surface area (Å²) in [5, 5.41) is 38.1. The minimum atomic E-state index is -0.788. The van der Waals surface area contributed by atoms with Crippen LogP contribution >= 0.6 is 11.6 Å². The van der Waals surface area contributed by atoms with Gasteiger partial charge >= 0.3 is 0 Å². The molecule has 36 heavy (non-hydrogen) atoms. The summed E-state index contributed by atoms with van der Waals surface area (Å²) < 4.78 is 7.15. The van der Waals surface area contributed by atoms with Crippen LogP contribution < -0.4 is 10.1 Å². The number of aromatic nitrogens is 7. The van der Waals surface area contributed by atoms with Crippen LogP contribution in [0.1, 0.15) is 30.0 Å². The summed E-state index contributed by atoms with van der Waals surface area (Å²) in [6.45, 7) is 3.47. The van der Waals surface area contributed by atoms with Crippen molar-refractivity contribution in [3.05, 3.63) is 64.8 Å². The fourth-order valence-corrected chi connectivity index (χ4v) is 4.07. The highest BCUT2D eigenvalue weighted by atomic mass is 35.5. The molecule has 180 valence electrons. The highest BCUT2D eigenvalue weighted by Gasteiger charge is 2.21. The van der Waals surface area contributed by atoms with E-state index in [1.807, 2.05) is 29.7 Å². The highest BCUT2D eigenvalue weighted by molar-refractivity contribution is 6.29. The van der Waals surface area contributed by atoms with Crippen LogP contribution in [0.15, 0.2) is 42.7 Å². The number of anilines is 2. The van der Waals surface area contributed by atoms with Crippen molar-refractivity contribution in [2.45, 2.75) is 20.0 Å². The molecule has 11 nitrogen and oxygen atoms in total. The molecule has 0 aliphatic heterocycles. The van der Waals surface area contributed by atoms with E-state index in [0.29, 0.717) is 45.4 Å². The summed E-state index contributed by atoms with van der Waals surface area (Å²) in [5.41, 5.74) is 4.78. The fourth-order valence-electron chi connectivity index (χ4n) is 3.94. The second-order valence-corrected chi connectivity index (χ2v) is 8.38. The Labute approximate surface area is 210 Å². The number of hydrogen-bond donors (Lipinski definition) is 3. The van der Waals surface area contributed by atoms with Gasteiger partial charge in [-0.1, -0.05) is 17.7 Å². The van der Waals surface area contributed by atoms with Gasteiger partial charge in [-0.05, 0) is 38.1 Å². The van der Waals surface area contributed by atoms with E-state index < -0.39 is 6.10 Å². The van der Waals surface area contributed by atoms with Gasteiger partial charge in [-0.25, -0.2) is 9.97 Å². The number of pyridine rings is 1. The predicted octanol–water partition coefficient (Wildman–Crippen LogP) is 4.24. The van der Waals surface area contributed by atoms with Crippen LogP contribution in [0.5, 0.6) is 5.75 Å². The molecule has 0 saturated heterocycles. The number of nitrogens with one attached hydrogen (secondary N) is 2. The number of halogens is 1. The summed E-state index contributed by atoms with van der Waals surface area (Å²) in [4.78, 5) is 9.34. The highest BCUT2D eigenvalue weighted by Crippen LogP contribution is 2.33.